The Bertz CT molecular complexity index is 870. The maximum Gasteiger partial charge on any atom is 0.254 e. The molecule has 2 amide bonds. The van der Waals surface area contributed by atoms with E-state index in [1.807, 2.05) is 54.0 Å². The molecule has 4 rings (SSSR count). The quantitative estimate of drug-likeness (QED) is 0.820. The van der Waals surface area contributed by atoms with Crippen LogP contribution >= 0.6 is 0 Å². The van der Waals surface area contributed by atoms with Crippen LogP contribution in [0.1, 0.15) is 29.4 Å². The summed E-state index contributed by atoms with van der Waals surface area (Å²) in [5.74, 6) is -0.0554. The van der Waals surface area contributed by atoms with Crippen LogP contribution in [0, 0.1) is 6.92 Å². The molecule has 0 saturated carbocycles. The Hall–Kier alpha value is -2.73. The summed E-state index contributed by atoms with van der Waals surface area (Å²) in [7, 11) is 0. The van der Waals surface area contributed by atoms with Gasteiger partial charge in [-0.25, -0.2) is 0 Å². The highest BCUT2D eigenvalue weighted by Gasteiger charge is 2.50. The van der Waals surface area contributed by atoms with Crippen LogP contribution in [0.3, 0.4) is 0 Å². The van der Waals surface area contributed by atoms with E-state index in [9.17, 15) is 9.59 Å². The molecule has 0 aliphatic carbocycles. The largest absolute Gasteiger partial charge is 0.361 e. The molecule has 2 saturated heterocycles. The Morgan fingerprint density at radius 2 is 2.04 bits per heavy atom. The van der Waals surface area contributed by atoms with Gasteiger partial charge in [0, 0.05) is 29.7 Å². The van der Waals surface area contributed by atoms with Crippen molar-refractivity contribution in [3.05, 3.63) is 59.9 Å². The van der Waals surface area contributed by atoms with Crippen LogP contribution in [0.5, 0.6) is 0 Å². The molecule has 0 spiro atoms. The van der Waals surface area contributed by atoms with Gasteiger partial charge in [-0.05, 0) is 44.5 Å². The van der Waals surface area contributed by atoms with Crippen LogP contribution in [-0.2, 0) is 9.53 Å². The number of piperidine rings is 1. The molecule has 0 radical (unpaired) electrons. The number of aromatic nitrogens is 1. The second kappa shape index (κ2) is 6.78. The van der Waals surface area contributed by atoms with Gasteiger partial charge in [0.1, 0.15) is 12.2 Å². The van der Waals surface area contributed by atoms with E-state index in [1.165, 1.54) is 0 Å². The summed E-state index contributed by atoms with van der Waals surface area (Å²) >= 11 is 0. The van der Waals surface area contributed by atoms with E-state index in [1.54, 1.807) is 18.3 Å². The normalized spacial score (nSPS) is 25.3. The van der Waals surface area contributed by atoms with Crippen molar-refractivity contribution in [2.75, 3.05) is 24.6 Å². The zero-order valence-corrected chi connectivity index (χ0v) is 15.6. The number of hydrogen-bond donors (Lipinski definition) is 0. The van der Waals surface area contributed by atoms with Crippen LogP contribution in [0.15, 0.2) is 48.7 Å². The third-order valence-electron chi connectivity index (χ3n) is 5.45. The molecule has 140 valence electrons. The number of amides is 2. The average Bonchev–Trinajstić information content (AvgIpc) is 2.68. The molecule has 2 fully saturated rings. The van der Waals surface area contributed by atoms with Crippen LogP contribution < -0.4 is 4.90 Å². The first-order chi connectivity index (χ1) is 13.0. The molecule has 2 aliphatic rings. The minimum absolute atomic E-state index is 0.0214. The van der Waals surface area contributed by atoms with Gasteiger partial charge in [0.25, 0.3) is 11.8 Å². The van der Waals surface area contributed by atoms with Crippen molar-refractivity contribution in [3.63, 3.8) is 0 Å². The first-order valence-corrected chi connectivity index (χ1v) is 9.21. The highest BCUT2D eigenvalue weighted by atomic mass is 16.5. The van der Waals surface area contributed by atoms with Crippen molar-refractivity contribution in [2.24, 2.45) is 0 Å². The number of ether oxygens (including phenoxy) is 1. The number of nitrogens with zero attached hydrogens (tertiary/aromatic N) is 3. The zero-order valence-electron chi connectivity index (χ0n) is 15.6. The smallest absolute Gasteiger partial charge is 0.254 e. The highest BCUT2D eigenvalue weighted by Crippen LogP contribution is 2.36. The predicted octanol–water partition coefficient (Wildman–Crippen LogP) is 2.43. The molecule has 0 N–H and O–H groups in total. The number of carbonyl (C=O) groups excluding carboxylic acids is 2. The second-order valence-electron chi connectivity index (χ2n) is 7.42. The molecule has 3 heterocycles. The summed E-state index contributed by atoms with van der Waals surface area (Å²) in [6, 6.07) is 13.1. The third-order valence-corrected chi connectivity index (χ3v) is 5.45. The molecule has 0 bridgehead atoms. The Labute approximate surface area is 158 Å². The fourth-order valence-electron chi connectivity index (χ4n) is 4.11. The first-order valence-electron chi connectivity index (χ1n) is 9.21. The van der Waals surface area contributed by atoms with Gasteiger partial charge in [0.05, 0.1) is 12.6 Å². The van der Waals surface area contributed by atoms with Gasteiger partial charge in [-0.15, -0.1) is 0 Å². The van der Waals surface area contributed by atoms with E-state index < -0.39 is 5.60 Å². The number of fused-ring (bicyclic) bond motifs is 1. The molecular weight excluding hydrogens is 342 g/mol. The number of para-hydroxylation sites is 1. The third kappa shape index (κ3) is 3.21. The number of morpholine rings is 1. The topological polar surface area (TPSA) is 62.7 Å². The summed E-state index contributed by atoms with van der Waals surface area (Å²) in [6.45, 7) is 4.93. The van der Waals surface area contributed by atoms with E-state index in [0.29, 0.717) is 25.1 Å². The number of anilines is 1. The lowest BCUT2D eigenvalue weighted by Crippen LogP contribution is -2.68. The van der Waals surface area contributed by atoms with E-state index >= 15 is 0 Å². The second-order valence-corrected chi connectivity index (χ2v) is 7.42. The Kier molecular flexibility index (Phi) is 4.44. The van der Waals surface area contributed by atoms with Gasteiger partial charge in [-0.3, -0.25) is 14.6 Å². The molecular formula is C21H23N3O3. The Morgan fingerprint density at radius 1 is 1.26 bits per heavy atom. The fraction of sp³-hybridized carbons (Fsp3) is 0.381. The summed E-state index contributed by atoms with van der Waals surface area (Å²) in [5, 5.41) is 0. The van der Waals surface area contributed by atoms with Gasteiger partial charge < -0.3 is 14.5 Å². The number of likely N-dealkylation sites (tertiary alicyclic amines) is 1. The van der Waals surface area contributed by atoms with E-state index in [0.717, 1.165) is 11.4 Å². The Morgan fingerprint density at radius 3 is 2.78 bits per heavy atom. The van der Waals surface area contributed by atoms with Gasteiger partial charge in [-0.1, -0.05) is 18.2 Å². The van der Waals surface area contributed by atoms with Crippen molar-refractivity contribution in [2.45, 2.75) is 31.9 Å². The maximum atomic E-state index is 12.9. The lowest BCUT2D eigenvalue weighted by Gasteiger charge is -2.52. The molecule has 2 aromatic rings. The van der Waals surface area contributed by atoms with Crippen molar-refractivity contribution >= 4 is 17.5 Å². The minimum atomic E-state index is -0.597. The predicted molar refractivity (Wildman–Crippen MR) is 102 cm³/mol. The number of hydrogen-bond acceptors (Lipinski definition) is 4. The number of benzene rings is 1. The molecule has 1 aromatic heterocycles. The van der Waals surface area contributed by atoms with Crippen LogP contribution in [0.4, 0.5) is 5.69 Å². The molecule has 2 aliphatic heterocycles. The number of rotatable bonds is 2. The summed E-state index contributed by atoms with van der Waals surface area (Å²) in [6.07, 6.45) is 2.33. The summed E-state index contributed by atoms with van der Waals surface area (Å²) in [5.41, 5.74) is 1.74. The maximum absolute atomic E-state index is 12.9. The summed E-state index contributed by atoms with van der Waals surface area (Å²) < 4.78 is 5.98. The molecule has 6 heteroatoms. The SMILES string of the molecule is Cc1cc(C(=O)N2CC[C@H]3N(c4ccccc4)C(=O)CO[C@]3(C)C2)ccn1. The van der Waals surface area contributed by atoms with Gasteiger partial charge >= 0.3 is 0 Å². The van der Waals surface area contributed by atoms with Gasteiger partial charge in [0.2, 0.25) is 0 Å². The lowest BCUT2D eigenvalue weighted by molar-refractivity contribution is -0.149. The molecule has 6 nitrogen and oxygen atoms in total. The van der Waals surface area contributed by atoms with Crippen LogP contribution in [0.2, 0.25) is 0 Å². The first kappa shape index (κ1) is 17.7. The standard InChI is InChI=1S/C21H23N3O3/c1-15-12-16(8-10-22-15)20(26)23-11-9-18-21(2,14-23)27-13-19(25)24(18)17-6-4-3-5-7-17/h3-8,10,12,18H,9,11,13-14H2,1-2H3/t18-,21-/m1/s1. The number of carbonyl (C=O) groups is 2. The lowest BCUT2D eigenvalue weighted by atomic mass is 9.85. The molecule has 27 heavy (non-hydrogen) atoms. The fourth-order valence-corrected chi connectivity index (χ4v) is 4.11. The average molecular weight is 365 g/mol. The minimum Gasteiger partial charge on any atom is -0.361 e. The van der Waals surface area contributed by atoms with E-state index in [2.05, 4.69) is 4.98 Å². The van der Waals surface area contributed by atoms with Crippen molar-refractivity contribution in [3.8, 4) is 0 Å². The molecule has 0 unspecified atom stereocenters. The molecule has 2 atom stereocenters. The van der Waals surface area contributed by atoms with Crippen molar-refractivity contribution in [1.29, 1.82) is 0 Å². The van der Waals surface area contributed by atoms with Gasteiger partial charge in [0.15, 0.2) is 0 Å². The number of pyridine rings is 1. The van der Waals surface area contributed by atoms with Crippen molar-refractivity contribution < 1.29 is 14.3 Å². The number of aryl methyl sites for hydroxylation is 1. The van der Waals surface area contributed by atoms with Gasteiger partial charge in [-0.2, -0.15) is 0 Å². The summed E-state index contributed by atoms with van der Waals surface area (Å²) in [4.78, 5) is 33.4. The highest BCUT2D eigenvalue weighted by molar-refractivity contribution is 5.97. The van der Waals surface area contributed by atoms with Crippen LogP contribution in [0.25, 0.3) is 0 Å². The Balaban J connectivity index is 1.59. The monoisotopic (exact) mass is 365 g/mol. The van der Waals surface area contributed by atoms with Crippen LogP contribution in [-0.4, -0.2) is 53.0 Å². The zero-order chi connectivity index (χ0) is 19.0. The molecule has 1 aromatic carbocycles. The van der Waals surface area contributed by atoms with E-state index in [4.69, 9.17) is 4.74 Å². The van der Waals surface area contributed by atoms with E-state index in [-0.39, 0.29) is 24.5 Å². The van der Waals surface area contributed by atoms with Crippen molar-refractivity contribution in [1.82, 2.24) is 9.88 Å².